The summed E-state index contributed by atoms with van der Waals surface area (Å²) in [4.78, 5) is 21.0. The highest BCUT2D eigenvalue weighted by Crippen LogP contribution is 2.16. The van der Waals surface area contributed by atoms with E-state index >= 15 is 0 Å². The van der Waals surface area contributed by atoms with Gasteiger partial charge in [0.25, 0.3) is 0 Å². The third-order valence-corrected chi connectivity index (χ3v) is 3.91. The van der Waals surface area contributed by atoms with Crippen LogP contribution < -0.4 is 0 Å². The lowest BCUT2D eigenvalue weighted by molar-refractivity contribution is 0.0475. The van der Waals surface area contributed by atoms with Crippen molar-refractivity contribution < 1.29 is 9.53 Å². The molecule has 0 saturated heterocycles. The summed E-state index contributed by atoms with van der Waals surface area (Å²) in [5.74, 6) is -0.333. The monoisotopic (exact) mass is 280 g/mol. The van der Waals surface area contributed by atoms with Crippen molar-refractivity contribution in [1.29, 1.82) is 0 Å². The van der Waals surface area contributed by atoms with E-state index in [1.54, 1.807) is 23.8 Å². The Morgan fingerprint density at radius 1 is 1.50 bits per heavy atom. The lowest BCUT2D eigenvalue weighted by Crippen LogP contribution is -2.05. The van der Waals surface area contributed by atoms with E-state index in [-0.39, 0.29) is 12.6 Å². The largest absolute Gasteiger partial charge is 0.456 e. The predicted molar refractivity (Wildman–Crippen MR) is 72.0 cm³/mol. The molecule has 4 nitrogen and oxygen atoms in total. The molecule has 6 heteroatoms. The third kappa shape index (κ3) is 3.08. The van der Waals surface area contributed by atoms with Gasteiger partial charge in [-0.15, -0.1) is 23.1 Å². The molecule has 0 N–H and O–H groups in total. The van der Waals surface area contributed by atoms with Gasteiger partial charge in [-0.25, -0.2) is 14.8 Å². The average molecular weight is 280 g/mol. The van der Waals surface area contributed by atoms with Crippen LogP contribution in [0.2, 0.25) is 0 Å². The Kier molecular flexibility index (Phi) is 4.33. The number of esters is 1. The number of nitrogens with zero attached hydrogens (tertiary/aromatic N) is 2. The molecule has 2 aromatic heterocycles. The van der Waals surface area contributed by atoms with Crippen molar-refractivity contribution in [1.82, 2.24) is 9.97 Å². The first kappa shape index (κ1) is 13.0. The first-order valence-electron chi connectivity index (χ1n) is 5.27. The lowest BCUT2D eigenvalue weighted by atomic mass is 10.3. The number of hydrogen-bond acceptors (Lipinski definition) is 6. The summed E-state index contributed by atoms with van der Waals surface area (Å²) >= 11 is 2.98. The van der Waals surface area contributed by atoms with Crippen molar-refractivity contribution in [3.8, 4) is 0 Å². The van der Waals surface area contributed by atoms with Crippen LogP contribution in [-0.4, -0.2) is 22.2 Å². The normalized spacial score (nSPS) is 10.3. The summed E-state index contributed by atoms with van der Waals surface area (Å²) in [5, 5.41) is 0.804. The molecular weight excluding hydrogens is 268 g/mol. The van der Waals surface area contributed by atoms with Crippen LogP contribution in [0.1, 0.15) is 20.9 Å². The molecule has 0 fully saturated rings. The number of rotatable bonds is 4. The molecule has 0 aliphatic carbocycles. The van der Waals surface area contributed by atoms with E-state index < -0.39 is 0 Å². The Morgan fingerprint density at radius 3 is 3.00 bits per heavy atom. The summed E-state index contributed by atoms with van der Waals surface area (Å²) in [6.45, 7) is 2.17. The zero-order chi connectivity index (χ0) is 13.0. The number of carbonyl (C=O) groups excluding carboxylic acids is 1. The molecule has 2 heterocycles. The number of thioether (sulfide) groups is 1. The molecule has 2 aromatic rings. The number of ether oxygens (including phenoxy) is 1. The van der Waals surface area contributed by atoms with E-state index in [4.69, 9.17) is 4.74 Å². The highest BCUT2D eigenvalue weighted by Gasteiger charge is 2.10. The second-order valence-electron chi connectivity index (χ2n) is 3.52. The van der Waals surface area contributed by atoms with E-state index in [0.29, 0.717) is 5.56 Å². The summed E-state index contributed by atoms with van der Waals surface area (Å²) in [5.41, 5.74) is 3.18. The average Bonchev–Trinajstić information content (AvgIpc) is 2.81. The number of aromatic nitrogens is 2. The third-order valence-electron chi connectivity index (χ3n) is 2.36. The summed E-state index contributed by atoms with van der Waals surface area (Å²) in [7, 11) is 0. The van der Waals surface area contributed by atoms with Crippen molar-refractivity contribution in [3.05, 3.63) is 40.0 Å². The van der Waals surface area contributed by atoms with Gasteiger partial charge in [-0.1, -0.05) is 0 Å². The molecule has 0 spiro atoms. The van der Waals surface area contributed by atoms with Gasteiger partial charge in [-0.3, -0.25) is 0 Å². The molecule has 0 bridgehead atoms. The minimum atomic E-state index is -0.333. The van der Waals surface area contributed by atoms with Crippen molar-refractivity contribution >= 4 is 29.1 Å². The molecule has 0 unspecified atom stereocenters. The minimum Gasteiger partial charge on any atom is -0.456 e. The zero-order valence-electron chi connectivity index (χ0n) is 10.0. The number of thiazole rings is 1. The fourth-order valence-electron chi connectivity index (χ4n) is 1.33. The van der Waals surface area contributed by atoms with Gasteiger partial charge in [0, 0.05) is 6.20 Å². The molecule has 0 aliphatic heterocycles. The van der Waals surface area contributed by atoms with E-state index in [2.05, 4.69) is 9.97 Å². The van der Waals surface area contributed by atoms with Crippen LogP contribution in [0.25, 0.3) is 0 Å². The van der Waals surface area contributed by atoms with Gasteiger partial charge in [0.2, 0.25) is 0 Å². The summed E-state index contributed by atoms with van der Waals surface area (Å²) in [6, 6.07) is 3.38. The van der Waals surface area contributed by atoms with E-state index in [1.165, 1.54) is 23.1 Å². The molecule has 0 aromatic carbocycles. The molecule has 18 heavy (non-hydrogen) atoms. The molecule has 0 amide bonds. The second kappa shape index (κ2) is 5.97. The lowest BCUT2D eigenvalue weighted by Gasteiger charge is -2.04. The molecule has 0 radical (unpaired) electrons. The molecule has 0 aliphatic rings. The molecule has 0 saturated carbocycles. The molecular formula is C12H12N2O2S2. The number of hydrogen-bond donors (Lipinski definition) is 0. The Balaban J connectivity index is 2.01. The van der Waals surface area contributed by atoms with Gasteiger partial charge in [-0.2, -0.15) is 0 Å². The van der Waals surface area contributed by atoms with Crippen LogP contribution >= 0.6 is 23.1 Å². The van der Waals surface area contributed by atoms with Gasteiger partial charge >= 0.3 is 5.97 Å². The van der Waals surface area contributed by atoms with Crippen molar-refractivity contribution in [2.24, 2.45) is 0 Å². The smallest absolute Gasteiger partial charge is 0.338 e. The van der Waals surface area contributed by atoms with Crippen LogP contribution in [-0.2, 0) is 11.3 Å². The van der Waals surface area contributed by atoms with Crippen LogP contribution in [0.3, 0.4) is 0 Å². The Labute approximate surface area is 113 Å². The summed E-state index contributed by atoms with van der Waals surface area (Å²) < 4.78 is 5.25. The predicted octanol–water partition coefficient (Wildman–Crippen LogP) is 2.93. The van der Waals surface area contributed by atoms with Gasteiger partial charge < -0.3 is 4.74 Å². The highest BCUT2D eigenvalue weighted by atomic mass is 32.2. The first-order valence-corrected chi connectivity index (χ1v) is 7.37. The fraction of sp³-hybridized carbons (Fsp3) is 0.250. The van der Waals surface area contributed by atoms with E-state index in [9.17, 15) is 4.79 Å². The standard InChI is InChI=1S/C12H12N2O2S2/c1-8-10(18-7-14-8)6-16-12(15)9-3-4-13-11(5-9)17-2/h3-5,7H,6H2,1-2H3. The zero-order valence-corrected chi connectivity index (χ0v) is 11.7. The van der Waals surface area contributed by atoms with Crippen LogP contribution in [0.4, 0.5) is 0 Å². The van der Waals surface area contributed by atoms with E-state index in [1.807, 2.05) is 13.2 Å². The molecule has 94 valence electrons. The van der Waals surface area contributed by atoms with Gasteiger partial charge in [0.1, 0.15) is 6.61 Å². The fourth-order valence-corrected chi connectivity index (χ4v) is 2.43. The van der Waals surface area contributed by atoms with Crippen LogP contribution in [0.15, 0.2) is 28.9 Å². The van der Waals surface area contributed by atoms with Crippen molar-refractivity contribution in [2.45, 2.75) is 18.6 Å². The van der Waals surface area contributed by atoms with Crippen molar-refractivity contribution in [3.63, 3.8) is 0 Å². The number of aryl methyl sites for hydroxylation is 1. The first-order chi connectivity index (χ1) is 8.70. The Morgan fingerprint density at radius 2 is 2.33 bits per heavy atom. The SMILES string of the molecule is CSc1cc(C(=O)OCc2scnc2C)ccn1. The van der Waals surface area contributed by atoms with Crippen molar-refractivity contribution in [2.75, 3.05) is 6.26 Å². The maximum Gasteiger partial charge on any atom is 0.338 e. The Bertz CT molecular complexity index is 555. The highest BCUT2D eigenvalue weighted by molar-refractivity contribution is 7.98. The van der Waals surface area contributed by atoms with Crippen LogP contribution in [0, 0.1) is 6.92 Å². The number of pyridine rings is 1. The maximum absolute atomic E-state index is 11.8. The topological polar surface area (TPSA) is 52.1 Å². The minimum absolute atomic E-state index is 0.270. The van der Waals surface area contributed by atoms with Gasteiger partial charge in [0.15, 0.2) is 0 Å². The van der Waals surface area contributed by atoms with Gasteiger partial charge in [0.05, 0.1) is 26.7 Å². The molecule has 2 rings (SSSR count). The second-order valence-corrected chi connectivity index (χ2v) is 5.29. The van der Waals surface area contributed by atoms with E-state index in [0.717, 1.165) is 15.6 Å². The maximum atomic E-state index is 11.8. The van der Waals surface area contributed by atoms with Gasteiger partial charge in [-0.05, 0) is 25.3 Å². The quantitative estimate of drug-likeness (QED) is 0.636. The number of carbonyl (C=O) groups is 1. The molecule has 0 atom stereocenters. The summed E-state index contributed by atoms with van der Waals surface area (Å²) in [6.07, 6.45) is 3.53. The Hall–Kier alpha value is -1.40. The van der Waals surface area contributed by atoms with Crippen LogP contribution in [0.5, 0.6) is 0 Å².